The molecule has 0 atom stereocenters. The van der Waals surface area contributed by atoms with Crippen LogP contribution >= 0.6 is 11.6 Å². The van der Waals surface area contributed by atoms with Crippen molar-refractivity contribution in [2.45, 2.75) is 51.2 Å². The number of amides is 1. The number of piperidine rings is 1. The van der Waals surface area contributed by atoms with E-state index in [1.807, 2.05) is 26.8 Å². The van der Waals surface area contributed by atoms with Crippen molar-refractivity contribution in [2.24, 2.45) is 0 Å². The third-order valence-electron chi connectivity index (χ3n) is 4.24. The van der Waals surface area contributed by atoms with E-state index in [1.165, 1.54) is 12.1 Å². The second kappa shape index (κ2) is 7.65. The first-order valence-corrected chi connectivity index (χ1v) is 8.84. The first kappa shape index (κ1) is 19.6. The fourth-order valence-electron chi connectivity index (χ4n) is 2.98. The molecular weight excluding hydrogens is 343 g/mol. The Morgan fingerprint density at radius 3 is 2.60 bits per heavy atom. The molecule has 6 heteroatoms. The molecule has 0 saturated carbocycles. The number of benzene rings is 1. The van der Waals surface area contributed by atoms with Gasteiger partial charge in [0.2, 0.25) is 0 Å². The molecule has 1 aliphatic heterocycles. The van der Waals surface area contributed by atoms with Gasteiger partial charge in [-0.2, -0.15) is 0 Å². The summed E-state index contributed by atoms with van der Waals surface area (Å²) in [6.07, 6.45) is 3.73. The largest absolute Gasteiger partial charge is 0.444 e. The highest BCUT2D eigenvalue weighted by Crippen LogP contribution is 2.32. The zero-order valence-electron chi connectivity index (χ0n) is 15.1. The molecule has 1 aromatic carbocycles. The van der Waals surface area contributed by atoms with E-state index in [2.05, 4.69) is 11.9 Å². The Balaban J connectivity index is 2.06. The highest BCUT2D eigenvalue weighted by atomic mass is 35.5. The number of halogens is 2. The highest BCUT2D eigenvalue weighted by molar-refractivity contribution is 6.30. The van der Waals surface area contributed by atoms with E-state index >= 15 is 0 Å². The van der Waals surface area contributed by atoms with Gasteiger partial charge in [0.25, 0.3) is 0 Å². The van der Waals surface area contributed by atoms with Crippen molar-refractivity contribution in [1.29, 1.82) is 0 Å². The number of ether oxygens (including phenoxy) is 1. The highest BCUT2D eigenvalue weighted by Gasteiger charge is 2.36. The van der Waals surface area contributed by atoms with Gasteiger partial charge in [-0.15, -0.1) is 6.58 Å². The van der Waals surface area contributed by atoms with Gasteiger partial charge in [-0.1, -0.05) is 17.7 Å². The lowest BCUT2D eigenvalue weighted by molar-refractivity contribution is 0.0178. The molecule has 0 unspecified atom stereocenters. The maximum atomic E-state index is 13.7. The molecule has 1 fully saturated rings. The predicted octanol–water partition coefficient (Wildman–Crippen LogP) is 5.24. The molecule has 0 radical (unpaired) electrons. The summed E-state index contributed by atoms with van der Waals surface area (Å²) in [5.74, 6) is -0.452. The van der Waals surface area contributed by atoms with Gasteiger partial charge in [0.15, 0.2) is 0 Å². The molecule has 138 valence electrons. The van der Waals surface area contributed by atoms with Gasteiger partial charge < -0.3 is 15.0 Å². The normalized spacial score (nSPS) is 17.1. The summed E-state index contributed by atoms with van der Waals surface area (Å²) in [6.45, 7) is 10.5. The van der Waals surface area contributed by atoms with Gasteiger partial charge in [-0.3, -0.25) is 0 Å². The molecule has 1 heterocycles. The van der Waals surface area contributed by atoms with Gasteiger partial charge in [0, 0.05) is 24.3 Å². The van der Waals surface area contributed by atoms with Crippen molar-refractivity contribution >= 4 is 23.4 Å². The van der Waals surface area contributed by atoms with Gasteiger partial charge in [0.1, 0.15) is 11.4 Å². The summed E-state index contributed by atoms with van der Waals surface area (Å²) in [5, 5.41) is 3.52. The monoisotopic (exact) mass is 368 g/mol. The first-order valence-electron chi connectivity index (χ1n) is 8.46. The average molecular weight is 369 g/mol. The Bertz CT molecular complexity index is 635. The number of hydrogen-bond acceptors (Lipinski definition) is 3. The van der Waals surface area contributed by atoms with Crippen LogP contribution in [0.3, 0.4) is 0 Å². The molecule has 0 aromatic heterocycles. The molecule has 1 saturated heterocycles. The number of likely N-dealkylation sites (tertiary alicyclic amines) is 1. The molecule has 1 aliphatic rings. The summed E-state index contributed by atoms with van der Waals surface area (Å²) in [5.41, 5.74) is -0.0960. The molecule has 4 nitrogen and oxygen atoms in total. The summed E-state index contributed by atoms with van der Waals surface area (Å²) in [4.78, 5) is 13.9. The van der Waals surface area contributed by atoms with Gasteiger partial charge in [0.05, 0.1) is 5.02 Å². The second-order valence-corrected chi connectivity index (χ2v) is 7.90. The summed E-state index contributed by atoms with van der Waals surface area (Å²) < 4.78 is 19.1. The molecular formula is C19H26ClFN2O2. The second-order valence-electron chi connectivity index (χ2n) is 7.49. The van der Waals surface area contributed by atoms with E-state index in [-0.39, 0.29) is 16.7 Å². The maximum Gasteiger partial charge on any atom is 0.410 e. The van der Waals surface area contributed by atoms with Gasteiger partial charge in [-0.05, 0) is 58.2 Å². The van der Waals surface area contributed by atoms with Crippen molar-refractivity contribution in [3.63, 3.8) is 0 Å². The predicted molar refractivity (Wildman–Crippen MR) is 99.6 cm³/mol. The van der Waals surface area contributed by atoms with E-state index in [0.29, 0.717) is 18.8 Å². The smallest absolute Gasteiger partial charge is 0.410 e. The minimum Gasteiger partial charge on any atom is -0.444 e. The number of rotatable bonds is 4. The number of carbonyl (C=O) groups is 1. The van der Waals surface area contributed by atoms with Crippen molar-refractivity contribution in [1.82, 2.24) is 4.90 Å². The van der Waals surface area contributed by atoms with Crippen LogP contribution < -0.4 is 5.32 Å². The van der Waals surface area contributed by atoms with Crippen LogP contribution in [0.15, 0.2) is 30.9 Å². The number of anilines is 1. The Kier molecular flexibility index (Phi) is 5.99. The van der Waals surface area contributed by atoms with E-state index < -0.39 is 11.4 Å². The molecule has 1 aromatic rings. The van der Waals surface area contributed by atoms with Crippen molar-refractivity contribution in [2.75, 3.05) is 18.4 Å². The van der Waals surface area contributed by atoms with E-state index in [0.717, 1.165) is 19.3 Å². The molecule has 2 rings (SSSR count). The molecule has 0 spiro atoms. The van der Waals surface area contributed by atoms with Crippen molar-refractivity contribution < 1.29 is 13.9 Å². The van der Waals surface area contributed by atoms with Crippen LogP contribution in [0, 0.1) is 5.82 Å². The SMILES string of the molecule is C=CCC1(Nc2ccc(Cl)c(F)c2)CCN(C(=O)OC(C)(C)C)CC1. The summed E-state index contributed by atoms with van der Waals surface area (Å²) >= 11 is 5.75. The Labute approximate surface area is 154 Å². The lowest BCUT2D eigenvalue weighted by Gasteiger charge is -2.42. The van der Waals surface area contributed by atoms with E-state index in [9.17, 15) is 9.18 Å². The van der Waals surface area contributed by atoms with Crippen molar-refractivity contribution in [3.8, 4) is 0 Å². The minimum atomic E-state index is -0.508. The third-order valence-corrected chi connectivity index (χ3v) is 4.54. The first-order chi connectivity index (χ1) is 11.6. The third kappa shape index (κ3) is 5.36. The molecule has 0 bridgehead atoms. The van der Waals surface area contributed by atoms with Crippen LogP contribution in [-0.2, 0) is 4.74 Å². The zero-order chi connectivity index (χ0) is 18.7. The van der Waals surface area contributed by atoms with Crippen LogP contribution in [0.2, 0.25) is 5.02 Å². The topological polar surface area (TPSA) is 41.6 Å². The summed E-state index contributed by atoms with van der Waals surface area (Å²) in [6, 6.07) is 4.70. The minimum absolute atomic E-state index is 0.100. The Morgan fingerprint density at radius 1 is 1.44 bits per heavy atom. The quantitative estimate of drug-likeness (QED) is 0.739. The van der Waals surface area contributed by atoms with Crippen LogP contribution in [-0.4, -0.2) is 35.2 Å². The molecule has 0 aliphatic carbocycles. The van der Waals surface area contributed by atoms with E-state index in [1.54, 1.807) is 11.0 Å². The Hall–Kier alpha value is -1.75. The van der Waals surface area contributed by atoms with Crippen LogP contribution in [0.1, 0.15) is 40.0 Å². The summed E-state index contributed by atoms with van der Waals surface area (Å²) in [7, 11) is 0. The van der Waals surface area contributed by atoms with Gasteiger partial charge >= 0.3 is 6.09 Å². The van der Waals surface area contributed by atoms with Crippen LogP contribution in [0.25, 0.3) is 0 Å². The number of carbonyl (C=O) groups excluding carboxylic acids is 1. The molecule has 1 N–H and O–H groups in total. The number of nitrogens with zero attached hydrogens (tertiary/aromatic N) is 1. The van der Waals surface area contributed by atoms with Gasteiger partial charge in [-0.25, -0.2) is 9.18 Å². The fraction of sp³-hybridized carbons (Fsp3) is 0.526. The zero-order valence-corrected chi connectivity index (χ0v) is 15.8. The molecule has 1 amide bonds. The van der Waals surface area contributed by atoms with E-state index in [4.69, 9.17) is 16.3 Å². The lowest BCUT2D eigenvalue weighted by atomic mass is 9.84. The van der Waals surface area contributed by atoms with Crippen molar-refractivity contribution in [3.05, 3.63) is 41.7 Å². The van der Waals surface area contributed by atoms with Crippen LogP contribution in [0.5, 0.6) is 0 Å². The average Bonchev–Trinajstić information content (AvgIpc) is 2.50. The fourth-order valence-corrected chi connectivity index (χ4v) is 3.10. The Morgan fingerprint density at radius 2 is 2.08 bits per heavy atom. The number of hydrogen-bond donors (Lipinski definition) is 1. The van der Waals surface area contributed by atoms with Crippen LogP contribution in [0.4, 0.5) is 14.9 Å². The standard InChI is InChI=1S/C19H26ClFN2O2/c1-5-8-19(22-14-6-7-15(20)16(21)13-14)9-11-23(12-10-19)17(24)25-18(2,3)4/h5-7,13,22H,1,8-12H2,2-4H3. The molecule has 25 heavy (non-hydrogen) atoms. The number of nitrogens with one attached hydrogen (secondary N) is 1. The lowest BCUT2D eigenvalue weighted by Crippen LogP contribution is -2.51. The maximum absolute atomic E-state index is 13.7.